The van der Waals surface area contributed by atoms with Crippen LogP contribution in [-0.4, -0.2) is 43.4 Å². The Morgan fingerprint density at radius 3 is 2.18 bits per heavy atom. The summed E-state index contributed by atoms with van der Waals surface area (Å²) in [5.74, 6) is 2.02. The topological polar surface area (TPSA) is 68.0 Å². The van der Waals surface area contributed by atoms with Gasteiger partial charge in [0, 0.05) is 26.1 Å². The maximum Gasteiger partial charge on any atom is 0.122 e. The van der Waals surface area contributed by atoms with Gasteiger partial charge in [0.2, 0.25) is 0 Å². The van der Waals surface area contributed by atoms with E-state index in [0.717, 1.165) is 48.6 Å². The number of ether oxygens (including phenoxy) is 2. The standard InChI is InChI=1S/C33H38N2O3/c1-25-9-18-32(29(23-25)24-26-7-4-3-5-8-26)38-22-6-20-35(21-19-34)33(27-10-14-30(36)15-11-27)28-12-16-31(37-2)17-13-28/h3-5,7-18,23,33,36H,6,19-22,24,34H2,1-2H3. The monoisotopic (exact) mass is 510 g/mol. The Labute approximate surface area is 226 Å². The number of aryl methyl sites for hydroxylation is 1. The number of rotatable bonds is 13. The first kappa shape index (κ1) is 27.2. The summed E-state index contributed by atoms with van der Waals surface area (Å²) in [5, 5.41) is 9.87. The Morgan fingerprint density at radius 2 is 1.53 bits per heavy atom. The summed E-state index contributed by atoms with van der Waals surface area (Å²) in [5.41, 5.74) is 12.0. The molecule has 198 valence electrons. The molecule has 1 unspecified atom stereocenters. The quantitative estimate of drug-likeness (QED) is 0.212. The van der Waals surface area contributed by atoms with Crippen molar-refractivity contribution in [2.45, 2.75) is 25.8 Å². The van der Waals surface area contributed by atoms with Gasteiger partial charge >= 0.3 is 0 Å². The Balaban J connectivity index is 1.47. The van der Waals surface area contributed by atoms with E-state index in [9.17, 15) is 5.11 Å². The van der Waals surface area contributed by atoms with Crippen molar-refractivity contribution < 1.29 is 14.6 Å². The SMILES string of the molecule is COc1ccc(C(c2ccc(O)cc2)N(CCN)CCCOc2ccc(C)cc2Cc2ccccc2)cc1. The van der Waals surface area contributed by atoms with E-state index in [1.807, 2.05) is 30.3 Å². The van der Waals surface area contributed by atoms with Crippen LogP contribution in [0.5, 0.6) is 17.2 Å². The molecule has 0 radical (unpaired) electrons. The number of hydrogen-bond donors (Lipinski definition) is 2. The zero-order chi connectivity index (χ0) is 26.7. The van der Waals surface area contributed by atoms with E-state index >= 15 is 0 Å². The lowest BCUT2D eigenvalue weighted by atomic mass is 9.96. The van der Waals surface area contributed by atoms with E-state index in [0.29, 0.717) is 13.2 Å². The number of nitrogens with two attached hydrogens (primary N) is 1. The van der Waals surface area contributed by atoms with Gasteiger partial charge in [0.1, 0.15) is 17.2 Å². The molecule has 0 heterocycles. The van der Waals surface area contributed by atoms with Crippen molar-refractivity contribution in [1.82, 2.24) is 4.90 Å². The number of benzene rings is 4. The summed E-state index contributed by atoms with van der Waals surface area (Å²) in [4.78, 5) is 2.39. The minimum absolute atomic E-state index is 0.00178. The van der Waals surface area contributed by atoms with Crippen molar-refractivity contribution in [3.63, 3.8) is 0 Å². The third-order valence-electron chi connectivity index (χ3n) is 6.72. The third-order valence-corrected chi connectivity index (χ3v) is 6.72. The van der Waals surface area contributed by atoms with Crippen LogP contribution in [0.4, 0.5) is 0 Å². The van der Waals surface area contributed by atoms with Crippen LogP contribution in [-0.2, 0) is 6.42 Å². The lowest BCUT2D eigenvalue weighted by Gasteiger charge is -2.32. The summed E-state index contributed by atoms with van der Waals surface area (Å²) in [7, 11) is 1.67. The van der Waals surface area contributed by atoms with Crippen molar-refractivity contribution in [2.24, 2.45) is 5.73 Å². The van der Waals surface area contributed by atoms with E-state index in [1.54, 1.807) is 19.2 Å². The number of aromatic hydroxyl groups is 1. The van der Waals surface area contributed by atoms with Gasteiger partial charge < -0.3 is 20.3 Å². The predicted molar refractivity (Wildman–Crippen MR) is 154 cm³/mol. The highest BCUT2D eigenvalue weighted by molar-refractivity contribution is 5.40. The normalized spacial score (nSPS) is 11.9. The predicted octanol–water partition coefficient (Wildman–Crippen LogP) is 6.12. The molecule has 0 amide bonds. The Morgan fingerprint density at radius 1 is 0.842 bits per heavy atom. The second-order valence-electron chi connectivity index (χ2n) is 9.57. The zero-order valence-corrected chi connectivity index (χ0v) is 22.3. The van der Waals surface area contributed by atoms with Gasteiger partial charge in [0.25, 0.3) is 0 Å². The molecule has 0 aliphatic heterocycles. The fraction of sp³-hybridized carbons (Fsp3) is 0.273. The molecule has 0 bridgehead atoms. The number of nitrogens with zero attached hydrogens (tertiary/aromatic N) is 1. The lowest BCUT2D eigenvalue weighted by molar-refractivity contribution is 0.204. The molecule has 0 aliphatic rings. The van der Waals surface area contributed by atoms with Gasteiger partial charge in [-0.1, -0.05) is 72.3 Å². The largest absolute Gasteiger partial charge is 0.508 e. The van der Waals surface area contributed by atoms with Gasteiger partial charge in [-0.3, -0.25) is 4.90 Å². The number of phenols is 1. The van der Waals surface area contributed by atoms with Gasteiger partial charge in [0.05, 0.1) is 19.8 Å². The molecular weight excluding hydrogens is 472 g/mol. The summed E-state index contributed by atoms with van der Waals surface area (Å²) in [6.45, 7) is 4.82. The second kappa shape index (κ2) is 13.7. The van der Waals surface area contributed by atoms with Crippen LogP contribution in [0.3, 0.4) is 0 Å². The molecule has 0 fully saturated rings. The molecule has 38 heavy (non-hydrogen) atoms. The minimum atomic E-state index is -0.00178. The van der Waals surface area contributed by atoms with Crippen LogP contribution in [0, 0.1) is 6.92 Å². The van der Waals surface area contributed by atoms with Crippen LogP contribution in [0.1, 0.15) is 40.3 Å². The van der Waals surface area contributed by atoms with Gasteiger partial charge in [-0.2, -0.15) is 0 Å². The van der Waals surface area contributed by atoms with E-state index in [-0.39, 0.29) is 11.8 Å². The number of hydrogen-bond acceptors (Lipinski definition) is 5. The molecule has 5 nitrogen and oxygen atoms in total. The Kier molecular flexibility index (Phi) is 9.79. The Hall–Kier alpha value is -3.80. The molecule has 0 saturated heterocycles. The van der Waals surface area contributed by atoms with Crippen LogP contribution >= 0.6 is 0 Å². The molecular formula is C33H38N2O3. The highest BCUT2D eigenvalue weighted by Crippen LogP contribution is 2.31. The van der Waals surface area contributed by atoms with Crippen LogP contribution in [0.15, 0.2) is 97.1 Å². The Bertz CT molecular complexity index is 1260. The first-order chi connectivity index (χ1) is 18.6. The molecule has 1 atom stereocenters. The molecule has 0 aliphatic carbocycles. The highest BCUT2D eigenvalue weighted by Gasteiger charge is 2.22. The van der Waals surface area contributed by atoms with Gasteiger partial charge in [-0.05, 0) is 65.9 Å². The fourth-order valence-electron chi connectivity index (χ4n) is 4.85. The van der Waals surface area contributed by atoms with Crippen molar-refractivity contribution in [1.29, 1.82) is 0 Å². The van der Waals surface area contributed by atoms with E-state index in [1.165, 1.54) is 16.7 Å². The average molecular weight is 511 g/mol. The second-order valence-corrected chi connectivity index (χ2v) is 9.57. The van der Waals surface area contributed by atoms with Gasteiger partial charge in [0.15, 0.2) is 0 Å². The van der Waals surface area contributed by atoms with Crippen LogP contribution in [0.25, 0.3) is 0 Å². The fourth-order valence-corrected chi connectivity index (χ4v) is 4.85. The van der Waals surface area contributed by atoms with Crippen molar-refractivity contribution in [2.75, 3.05) is 33.4 Å². The molecule has 4 aromatic rings. The molecule has 4 rings (SSSR count). The molecule has 5 heteroatoms. The lowest BCUT2D eigenvalue weighted by Crippen LogP contribution is -2.35. The molecule has 0 saturated carbocycles. The zero-order valence-electron chi connectivity index (χ0n) is 22.3. The van der Waals surface area contributed by atoms with Crippen molar-refractivity contribution in [3.8, 4) is 17.2 Å². The molecule has 0 aromatic heterocycles. The number of methoxy groups -OCH3 is 1. The van der Waals surface area contributed by atoms with Crippen molar-refractivity contribution in [3.05, 3.63) is 125 Å². The summed E-state index contributed by atoms with van der Waals surface area (Å²) < 4.78 is 11.7. The molecule has 4 aromatic carbocycles. The minimum Gasteiger partial charge on any atom is -0.508 e. The van der Waals surface area contributed by atoms with E-state index in [2.05, 4.69) is 66.4 Å². The van der Waals surface area contributed by atoms with Crippen LogP contribution < -0.4 is 15.2 Å². The molecule has 3 N–H and O–H groups in total. The first-order valence-electron chi connectivity index (χ1n) is 13.2. The maximum absolute atomic E-state index is 9.87. The number of phenolic OH excluding ortho intramolecular Hbond substituents is 1. The summed E-state index contributed by atoms with van der Waals surface area (Å²) >= 11 is 0. The summed E-state index contributed by atoms with van der Waals surface area (Å²) in [6.07, 6.45) is 1.70. The van der Waals surface area contributed by atoms with E-state index < -0.39 is 0 Å². The maximum atomic E-state index is 9.87. The van der Waals surface area contributed by atoms with Gasteiger partial charge in [-0.25, -0.2) is 0 Å². The average Bonchev–Trinajstić information content (AvgIpc) is 2.94. The highest BCUT2D eigenvalue weighted by atomic mass is 16.5. The third kappa shape index (κ3) is 7.37. The van der Waals surface area contributed by atoms with Gasteiger partial charge in [-0.15, -0.1) is 0 Å². The van der Waals surface area contributed by atoms with Crippen LogP contribution in [0.2, 0.25) is 0 Å². The smallest absolute Gasteiger partial charge is 0.122 e. The van der Waals surface area contributed by atoms with Crippen molar-refractivity contribution >= 4 is 0 Å². The van der Waals surface area contributed by atoms with E-state index in [4.69, 9.17) is 15.2 Å². The first-order valence-corrected chi connectivity index (χ1v) is 13.2. The summed E-state index contributed by atoms with van der Waals surface area (Å²) in [6, 6.07) is 32.5. The molecule has 0 spiro atoms.